The number of hydrogen-bond acceptors (Lipinski definition) is 5. The Morgan fingerprint density at radius 2 is 1.96 bits per heavy atom. The quantitative estimate of drug-likeness (QED) is 0.551. The average Bonchev–Trinajstić information content (AvgIpc) is 2.66. The van der Waals surface area contributed by atoms with Crippen LogP contribution in [0.4, 0.5) is 4.39 Å². The molecule has 1 amide bonds. The Morgan fingerprint density at radius 3 is 2.65 bits per heavy atom. The van der Waals surface area contributed by atoms with Gasteiger partial charge in [-0.25, -0.2) is 4.39 Å². The van der Waals surface area contributed by atoms with Gasteiger partial charge in [0.1, 0.15) is 5.82 Å². The molecule has 0 saturated carbocycles. The summed E-state index contributed by atoms with van der Waals surface area (Å²) >= 11 is 0. The van der Waals surface area contributed by atoms with Gasteiger partial charge in [-0.1, -0.05) is 17.3 Å². The third-order valence-corrected chi connectivity index (χ3v) is 3.36. The van der Waals surface area contributed by atoms with Crippen molar-refractivity contribution >= 4 is 12.1 Å². The van der Waals surface area contributed by atoms with E-state index in [0.29, 0.717) is 24.7 Å². The van der Waals surface area contributed by atoms with Crippen LogP contribution in [0.2, 0.25) is 0 Å². The van der Waals surface area contributed by atoms with E-state index < -0.39 is 0 Å². The van der Waals surface area contributed by atoms with Crippen molar-refractivity contribution < 1.29 is 23.5 Å². The van der Waals surface area contributed by atoms with Gasteiger partial charge in [-0.3, -0.25) is 4.79 Å². The summed E-state index contributed by atoms with van der Waals surface area (Å²) in [5.41, 5.74) is 1.54. The van der Waals surface area contributed by atoms with Crippen LogP contribution < -0.4 is 14.8 Å². The van der Waals surface area contributed by atoms with Gasteiger partial charge in [0.15, 0.2) is 18.1 Å². The summed E-state index contributed by atoms with van der Waals surface area (Å²) in [4.78, 5) is 16.7. The Balaban J connectivity index is 1.77. The summed E-state index contributed by atoms with van der Waals surface area (Å²) in [5, 5.41) is 6.43. The average molecular weight is 360 g/mol. The van der Waals surface area contributed by atoms with Crippen LogP contribution in [-0.4, -0.2) is 32.4 Å². The molecule has 138 valence electrons. The molecule has 7 heteroatoms. The molecule has 0 heterocycles. The Morgan fingerprint density at radius 1 is 1.19 bits per heavy atom. The SMILES string of the molecule is CCOc1ccc(/C=N\OCC(=O)NCc2ccc(F)cc2)cc1OC. The molecule has 0 atom stereocenters. The van der Waals surface area contributed by atoms with Crippen molar-refractivity contribution in [3.63, 3.8) is 0 Å². The number of carbonyl (C=O) groups is 1. The standard InChI is InChI=1S/C19H21FN2O4/c1-3-25-17-9-6-15(10-18(17)24-2)12-22-26-13-19(23)21-11-14-4-7-16(20)8-5-14/h4-10,12H,3,11,13H2,1-2H3,(H,21,23)/b22-12-. The molecule has 0 saturated heterocycles. The zero-order valence-corrected chi connectivity index (χ0v) is 14.7. The predicted molar refractivity (Wildman–Crippen MR) is 96.0 cm³/mol. The van der Waals surface area contributed by atoms with E-state index in [4.69, 9.17) is 14.3 Å². The molecule has 0 radical (unpaired) electrons. The van der Waals surface area contributed by atoms with Gasteiger partial charge in [0.25, 0.3) is 5.91 Å². The highest BCUT2D eigenvalue weighted by Gasteiger charge is 2.05. The minimum atomic E-state index is -0.323. The van der Waals surface area contributed by atoms with Crippen LogP contribution in [-0.2, 0) is 16.2 Å². The van der Waals surface area contributed by atoms with E-state index in [1.165, 1.54) is 18.3 Å². The van der Waals surface area contributed by atoms with E-state index in [9.17, 15) is 9.18 Å². The summed E-state index contributed by atoms with van der Waals surface area (Å²) in [5.74, 6) is 0.598. The number of nitrogens with one attached hydrogen (secondary N) is 1. The van der Waals surface area contributed by atoms with Crippen molar-refractivity contribution in [2.24, 2.45) is 5.16 Å². The Kier molecular flexibility index (Phi) is 7.42. The molecule has 0 unspecified atom stereocenters. The first kappa shape index (κ1) is 19.2. The first-order chi connectivity index (χ1) is 12.6. The largest absolute Gasteiger partial charge is 0.493 e. The van der Waals surface area contributed by atoms with Gasteiger partial charge in [-0.05, 0) is 42.8 Å². The predicted octanol–water partition coefficient (Wildman–Crippen LogP) is 2.90. The highest BCUT2D eigenvalue weighted by Crippen LogP contribution is 2.27. The topological polar surface area (TPSA) is 69.2 Å². The molecule has 0 aliphatic rings. The summed E-state index contributed by atoms with van der Waals surface area (Å²) < 4.78 is 23.5. The zero-order valence-electron chi connectivity index (χ0n) is 14.7. The van der Waals surface area contributed by atoms with Gasteiger partial charge in [0.2, 0.25) is 0 Å². The van der Waals surface area contributed by atoms with Crippen LogP contribution in [0.1, 0.15) is 18.1 Å². The zero-order chi connectivity index (χ0) is 18.8. The third-order valence-electron chi connectivity index (χ3n) is 3.36. The molecule has 2 aromatic carbocycles. The molecule has 0 aliphatic carbocycles. The number of rotatable bonds is 9. The maximum absolute atomic E-state index is 12.8. The molecule has 0 fully saturated rings. The summed E-state index contributed by atoms with van der Waals surface area (Å²) in [6.45, 7) is 2.51. The number of amides is 1. The fourth-order valence-electron chi connectivity index (χ4n) is 2.09. The van der Waals surface area contributed by atoms with E-state index in [1.54, 1.807) is 37.4 Å². The number of ether oxygens (including phenoxy) is 2. The second-order valence-electron chi connectivity index (χ2n) is 5.25. The fraction of sp³-hybridized carbons (Fsp3) is 0.263. The van der Waals surface area contributed by atoms with Gasteiger partial charge in [0.05, 0.1) is 19.9 Å². The molecule has 0 aromatic heterocycles. The lowest BCUT2D eigenvalue weighted by atomic mass is 10.2. The Bertz CT molecular complexity index is 748. The molecule has 1 N–H and O–H groups in total. The molecule has 2 aromatic rings. The van der Waals surface area contributed by atoms with Gasteiger partial charge in [0, 0.05) is 12.1 Å². The fourth-order valence-corrected chi connectivity index (χ4v) is 2.09. The molecule has 6 nitrogen and oxygen atoms in total. The maximum Gasteiger partial charge on any atom is 0.261 e. The number of halogens is 1. The van der Waals surface area contributed by atoms with Gasteiger partial charge in [-0.15, -0.1) is 0 Å². The molecule has 2 rings (SSSR count). The number of nitrogens with zero attached hydrogens (tertiary/aromatic N) is 1. The van der Waals surface area contributed by atoms with Crippen molar-refractivity contribution in [3.05, 3.63) is 59.4 Å². The van der Waals surface area contributed by atoms with Crippen molar-refractivity contribution in [3.8, 4) is 11.5 Å². The smallest absolute Gasteiger partial charge is 0.261 e. The highest BCUT2D eigenvalue weighted by molar-refractivity contribution is 5.81. The van der Waals surface area contributed by atoms with Gasteiger partial charge in [-0.2, -0.15) is 0 Å². The molecule has 26 heavy (non-hydrogen) atoms. The molecule has 0 spiro atoms. The number of benzene rings is 2. The number of methoxy groups -OCH3 is 1. The van der Waals surface area contributed by atoms with Crippen molar-refractivity contribution in [2.45, 2.75) is 13.5 Å². The first-order valence-corrected chi connectivity index (χ1v) is 8.09. The highest BCUT2D eigenvalue weighted by atomic mass is 19.1. The van der Waals surface area contributed by atoms with Crippen LogP contribution in [0.25, 0.3) is 0 Å². The van der Waals surface area contributed by atoms with Crippen molar-refractivity contribution in [2.75, 3.05) is 20.3 Å². The second kappa shape index (κ2) is 10.0. The lowest BCUT2D eigenvalue weighted by Crippen LogP contribution is -2.26. The van der Waals surface area contributed by atoms with E-state index >= 15 is 0 Å². The normalized spacial score (nSPS) is 10.6. The van der Waals surface area contributed by atoms with E-state index in [0.717, 1.165) is 11.1 Å². The van der Waals surface area contributed by atoms with Crippen LogP contribution in [0, 0.1) is 5.82 Å². The molecule has 0 bridgehead atoms. The van der Waals surface area contributed by atoms with Crippen LogP contribution in [0.3, 0.4) is 0 Å². The third kappa shape index (κ3) is 6.08. The Hall–Kier alpha value is -3.09. The minimum Gasteiger partial charge on any atom is -0.493 e. The monoisotopic (exact) mass is 360 g/mol. The molecular formula is C19H21FN2O4. The van der Waals surface area contributed by atoms with Crippen molar-refractivity contribution in [1.82, 2.24) is 5.32 Å². The van der Waals surface area contributed by atoms with Crippen LogP contribution >= 0.6 is 0 Å². The summed E-state index contributed by atoms with van der Waals surface area (Å²) in [6, 6.07) is 11.2. The van der Waals surface area contributed by atoms with Crippen molar-refractivity contribution in [1.29, 1.82) is 0 Å². The number of oxime groups is 1. The summed E-state index contributed by atoms with van der Waals surface area (Å²) in [6.07, 6.45) is 1.48. The first-order valence-electron chi connectivity index (χ1n) is 8.09. The van der Waals surface area contributed by atoms with Crippen LogP contribution in [0.5, 0.6) is 11.5 Å². The maximum atomic E-state index is 12.8. The number of carbonyl (C=O) groups excluding carboxylic acids is 1. The molecule has 0 aliphatic heterocycles. The lowest BCUT2D eigenvalue weighted by Gasteiger charge is -2.09. The van der Waals surface area contributed by atoms with E-state index in [-0.39, 0.29) is 18.3 Å². The van der Waals surface area contributed by atoms with Gasteiger partial charge < -0.3 is 19.6 Å². The Labute approximate surface area is 151 Å². The van der Waals surface area contributed by atoms with E-state index in [2.05, 4.69) is 10.5 Å². The van der Waals surface area contributed by atoms with Crippen LogP contribution in [0.15, 0.2) is 47.6 Å². The van der Waals surface area contributed by atoms with Gasteiger partial charge >= 0.3 is 0 Å². The molecular weight excluding hydrogens is 339 g/mol. The summed E-state index contributed by atoms with van der Waals surface area (Å²) in [7, 11) is 1.56. The number of hydrogen-bond donors (Lipinski definition) is 1. The second-order valence-corrected chi connectivity index (χ2v) is 5.25. The minimum absolute atomic E-state index is 0.216. The van der Waals surface area contributed by atoms with E-state index in [1.807, 2.05) is 6.92 Å². The lowest BCUT2D eigenvalue weighted by molar-refractivity contribution is -0.125.